The lowest BCUT2D eigenvalue weighted by molar-refractivity contribution is -0.894. The molecular formula is C68H80BrF16I2NO8+2. The fourth-order valence-corrected chi connectivity index (χ4v) is 19.6. The first-order valence-electron chi connectivity index (χ1n) is 31.5. The van der Waals surface area contributed by atoms with Crippen molar-refractivity contribution in [3.05, 3.63) is 133 Å². The van der Waals surface area contributed by atoms with Gasteiger partial charge in [-0.05, 0) is 197 Å². The quantitative estimate of drug-likeness (QED) is 0.113. The third-order valence-electron chi connectivity index (χ3n) is 19.3. The van der Waals surface area contributed by atoms with Crippen LogP contribution in [-0.4, -0.2) is 116 Å². The molecule has 2 saturated heterocycles. The summed E-state index contributed by atoms with van der Waals surface area (Å²) in [5.41, 5.74) is 1.59. The average Bonchev–Trinajstić information content (AvgIpc) is 1.39. The van der Waals surface area contributed by atoms with E-state index in [1.54, 1.807) is 29.2 Å². The monoisotopic (exact) mass is 1680 g/mol. The summed E-state index contributed by atoms with van der Waals surface area (Å²) in [6.07, 6.45) is 2.93. The molecule has 4 unspecified atom stereocenters. The summed E-state index contributed by atoms with van der Waals surface area (Å²) >= 11 is -0.747. The summed E-state index contributed by atoms with van der Waals surface area (Å²) in [6.45, 7) is 13.1. The first-order chi connectivity index (χ1) is 44.0. The van der Waals surface area contributed by atoms with E-state index in [4.69, 9.17) is 28.4 Å². The predicted molar refractivity (Wildman–Crippen MR) is 307 cm³/mol. The van der Waals surface area contributed by atoms with Gasteiger partial charge in [0.25, 0.3) is 0 Å². The Morgan fingerprint density at radius 1 is 0.448 bits per heavy atom. The fourth-order valence-electron chi connectivity index (χ4n) is 14.6. The minimum Gasteiger partial charge on any atom is -1.00 e. The number of hydrogen-bond acceptors (Lipinski definition) is 8. The third-order valence-corrected chi connectivity index (χ3v) is 26.4. The molecule has 8 bridgehead atoms. The number of alkyl halides is 12. The smallest absolute Gasteiger partial charge is 0.377 e. The van der Waals surface area contributed by atoms with Crippen LogP contribution in [0.4, 0.5) is 70.2 Å². The van der Waals surface area contributed by atoms with E-state index in [-0.39, 0.29) is 120 Å². The van der Waals surface area contributed by atoms with Gasteiger partial charge >= 0.3 is 89.9 Å². The molecule has 1 N–H and O–H groups in total. The molecule has 536 valence electrons. The predicted octanol–water partition coefficient (Wildman–Crippen LogP) is 5.91. The molecule has 4 aromatic carbocycles. The summed E-state index contributed by atoms with van der Waals surface area (Å²) in [5, 5.41) is 0. The van der Waals surface area contributed by atoms with Crippen molar-refractivity contribution in [3.63, 3.8) is 0 Å². The highest BCUT2D eigenvalue weighted by atomic mass is 127. The molecule has 2 heterocycles. The van der Waals surface area contributed by atoms with Crippen molar-refractivity contribution in [2.75, 3.05) is 46.1 Å². The van der Waals surface area contributed by atoms with Gasteiger partial charge in [-0.2, -0.15) is 52.7 Å². The molecule has 8 saturated carbocycles. The zero-order chi connectivity index (χ0) is 70.3. The molecule has 96 heavy (non-hydrogen) atoms. The number of esters is 2. The van der Waals surface area contributed by atoms with E-state index >= 15 is 0 Å². The lowest BCUT2D eigenvalue weighted by atomic mass is 9.51. The Morgan fingerprint density at radius 3 is 0.865 bits per heavy atom. The maximum absolute atomic E-state index is 13.7. The largest absolute Gasteiger partial charge is 1.00 e. The molecule has 2 spiro atoms. The molecule has 10 fully saturated rings. The topological polar surface area (TPSA) is 94.0 Å². The number of halogens is 19. The van der Waals surface area contributed by atoms with Crippen LogP contribution in [0.3, 0.4) is 0 Å². The Kier molecular flexibility index (Phi) is 25.4. The van der Waals surface area contributed by atoms with E-state index in [0.29, 0.717) is 52.4 Å². The molecule has 0 aromatic heterocycles. The van der Waals surface area contributed by atoms with Gasteiger partial charge in [0, 0.05) is 59.8 Å². The summed E-state index contributed by atoms with van der Waals surface area (Å²) in [5.74, 6) is -34.4. The van der Waals surface area contributed by atoms with Gasteiger partial charge in [0.15, 0.2) is 25.9 Å². The number of benzene rings is 4. The number of quaternary nitrogens is 1. The SMILES string of the molecule is CC(F)(F)C(=O)OC12CC3CC(C1)C1(OCC(F)(F)C(F)(F)CO1)C(C3)C2.CC(F)(F)C(=O)OC12CC3CC(C1)C1(OCC(F)(F)C(F)(F)CO1)C(C3)C2.CC[NH+](CC)CC.Cc1cc(F)ccc1[I+]c1ccc(F)cc1C.Cc1cc(F)ccc1[I+]c1ccc(F)cc1C.[Br-]. The van der Waals surface area contributed by atoms with Crippen molar-refractivity contribution in [1.29, 1.82) is 0 Å². The van der Waals surface area contributed by atoms with Gasteiger partial charge in [0.05, 0.1) is 19.6 Å². The van der Waals surface area contributed by atoms with Gasteiger partial charge in [-0.3, -0.25) is 0 Å². The average molecular weight is 1680 g/mol. The number of ether oxygens (including phenoxy) is 6. The van der Waals surface area contributed by atoms with Crippen molar-refractivity contribution in [2.45, 2.75) is 185 Å². The van der Waals surface area contributed by atoms with E-state index in [0.717, 1.165) is 22.3 Å². The van der Waals surface area contributed by atoms with Crippen LogP contribution in [0.5, 0.6) is 0 Å². The second-order valence-electron chi connectivity index (χ2n) is 26.6. The Bertz CT molecular complexity index is 2980. The Balaban J connectivity index is 0.000000178. The summed E-state index contributed by atoms with van der Waals surface area (Å²) in [7, 11) is 0. The molecule has 0 amide bonds. The molecule has 4 aromatic rings. The first kappa shape index (κ1) is 79.8. The maximum Gasteiger partial charge on any atom is 0.377 e. The minimum atomic E-state index is -4.36. The number of hydrogen-bond donors (Lipinski definition) is 1. The first-order valence-corrected chi connectivity index (χ1v) is 35.8. The van der Waals surface area contributed by atoms with Crippen molar-refractivity contribution >= 4 is 11.9 Å². The molecule has 14 rings (SSSR count). The maximum atomic E-state index is 13.7. The Morgan fingerprint density at radius 2 is 0.677 bits per heavy atom. The van der Waals surface area contributed by atoms with Gasteiger partial charge in [0.1, 0.15) is 60.9 Å². The molecule has 0 radical (unpaired) electrons. The summed E-state index contributed by atoms with van der Waals surface area (Å²) < 4.78 is 251. The lowest BCUT2D eigenvalue weighted by Crippen LogP contribution is -3.62. The van der Waals surface area contributed by atoms with Crippen LogP contribution in [0.25, 0.3) is 0 Å². The van der Waals surface area contributed by atoms with Crippen LogP contribution in [0.2, 0.25) is 0 Å². The standard InChI is InChI=1S/2C17H20F6O4.2C14H12F2I.C6H15N.BrH/c2*1-13(18,19)12(24)27-14-4-9-2-10(5-14)17(11(3-9)6-14)25-7-15(20,21)16(22,23)8-26-17;2*1-9-7-11(15)3-5-13(9)17-14-6-4-12(16)8-10(14)2;1-4-7(5-2)6-3;/h2*9-11H,2-8H2,1H3;2*3-8H,1-2H3;4-6H2,1-3H3;1H/q;;2*+1;;. The van der Waals surface area contributed by atoms with Crippen molar-refractivity contribution in [3.8, 4) is 0 Å². The number of carbonyl (C=O) groups is 2. The van der Waals surface area contributed by atoms with Crippen LogP contribution in [0.15, 0.2) is 72.8 Å². The van der Waals surface area contributed by atoms with E-state index < -0.39 is 120 Å². The number of rotatable bonds is 11. The highest BCUT2D eigenvalue weighted by Crippen LogP contribution is 2.66. The summed E-state index contributed by atoms with van der Waals surface area (Å²) in [6, 6.07) is 19.5. The molecule has 4 atom stereocenters. The van der Waals surface area contributed by atoms with Gasteiger partial charge in [-0.15, -0.1) is 0 Å². The number of carbonyl (C=O) groups excluding carboxylic acids is 2. The van der Waals surface area contributed by atoms with Gasteiger partial charge in [0.2, 0.25) is 0 Å². The zero-order valence-corrected chi connectivity index (χ0v) is 60.3. The molecular weight excluding hydrogens is 1600 g/mol. The molecule has 10 aliphatic rings. The van der Waals surface area contributed by atoms with Crippen molar-refractivity contribution in [1.82, 2.24) is 0 Å². The second kappa shape index (κ2) is 30.6. The highest BCUT2D eigenvalue weighted by Gasteiger charge is 2.72. The van der Waals surface area contributed by atoms with Gasteiger partial charge in [-0.25, -0.2) is 27.2 Å². The third kappa shape index (κ3) is 18.0. The fraction of sp³-hybridized carbons (Fsp3) is 0.618. The zero-order valence-electron chi connectivity index (χ0n) is 54.4. The van der Waals surface area contributed by atoms with Gasteiger partial charge < -0.3 is 50.3 Å². The van der Waals surface area contributed by atoms with Crippen LogP contribution >= 0.6 is 0 Å². The Hall–Kier alpha value is -3.56. The van der Waals surface area contributed by atoms with E-state index in [2.05, 4.69) is 20.8 Å². The molecule has 2 aliphatic heterocycles. The normalized spacial score (nSPS) is 27.8. The minimum absolute atomic E-state index is 0. The van der Waals surface area contributed by atoms with E-state index in [1.165, 1.54) is 58.2 Å². The van der Waals surface area contributed by atoms with Crippen molar-refractivity contribution in [2.24, 2.45) is 35.5 Å². The lowest BCUT2D eigenvalue weighted by Gasteiger charge is -2.63. The van der Waals surface area contributed by atoms with Crippen molar-refractivity contribution < 1.29 is 173 Å². The second-order valence-corrected chi connectivity index (χ2v) is 32.3. The Labute approximate surface area is 579 Å². The number of nitrogens with one attached hydrogen (secondary N) is 1. The number of aryl methyl sites for hydroxylation is 4. The highest BCUT2D eigenvalue weighted by molar-refractivity contribution is 5.78. The van der Waals surface area contributed by atoms with Crippen LogP contribution in [-0.2, 0) is 38.0 Å². The molecule has 28 heteroatoms. The van der Waals surface area contributed by atoms with Gasteiger partial charge in [-0.1, -0.05) is 0 Å². The summed E-state index contributed by atoms with van der Waals surface area (Å²) in [4.78, 5) is 25.1. The van der Waals surface area contributed by atoms with E-state index in [1.807, 2.05) is 52.0 Å². The van der Waals surface area contributed by atoms with Crippen LogP contribution < -0.4 is 64.3 Å². The van der Waals surface area contributed by atoms with Crippen LogP contribution in [0, 0.1) is 101 Å². The van der Waals surface area contributed by atoms with E-state index in [9.17, 15) is 79.8 Å². The molecule has 8 aliphatic carbocycles. The van der Waals surface area contributed by atoms with Crippen LogP contribution in [0.1, 0.15) is 121 Å². The molecule has 9 nitrogen and oxygen atoms in total.